The van der Waals surface area contributed by atoms with E-state index in [9.17, 15) is 4.79 Å². The molecular formula is C16H24N2O. The van der Waals surface area contributed by atoms with E-state index >= 15 is 0 Å². The third-order valence-corrected chi connectivity index (χ3v) is 3.90. The molecule has 1 atom stereocenters. The molecule has 1 heterocycles. The van der Waals surface area contributed by atoms with Gasteiger partial charge in [-0.2, -0.15) is 0 Å². The highest BCUT2D eigenvalue weighted by molar-refractivity contribution is 5.98. The van der Waals surface area contributed by atoms with E-state index in [1.165, 1.54) is 5.56 Å². The van der Waals surface area contributed by atoms with Crippen LogP contribution < -0.4 is 10.6 Å². The van der Waals surface area contributed by atoms with E-state index in [1.807, 2.05) is 25.1 Å². The molecular weight excluding hydrogens is 236 g/mol. The van der Waals surface area contributed by atoms with Crippen LogP contribution in [0.25, 0.3) is 0 Å². The Morgan fingerprint density at radius 1 is 1.37 bits per heavy atom. The molecule has 0 radical (unpaired) electrons. The smallest absolute Gasteiger partial charge is 0.244 e. The van der Waals surface area contributed by atoms with E-state index in [-0.39, 0.29) is 5.91 Å². The lowest BCUT2D eigenvalue weighted by molar-refractivity contribution is -0.122. The van der Waals surface area contributed by atoms with Crippen LogP contribution in [-0.4, -0.2) is 18.0 Å². The van der Waals surface area contributed by atoms with Crippen molar-refractivity contribution in [2.75, 3.05) is 11.9 Å². The minimum atomic E-state index is -0.419. The van der Waals surface area contributed by atoms with Crippen molar-refractivity contribution in [3.8, 4) is 0 Å². The first-order valence-electron chi connectivity index (χ1n) is 7.30. The molecule has 0 aliphatic carbocycles. The number of amides is 1. The second-order valence-electron chi connectivity index (χ2n) is 5.58. The number of carbonyl (C=O) groups is 1. The van der Waals surface area contributed by atoms with Gasteiger partial charge in [-0.25, -0.2) is 0 Å². The molecule has 2 N–H and O–H groups in total. The van der Waals surface area contributed by atoms with E-state index in [2.05, 4.69) is 23.6 Å². The van der Waals surface area contributed by atoms with Crippen LogP contribution >= 0.6 is 0 Å². The standard InChI is InChI=1S/C16H24N2O/c1-3-8-13-9-4-5-10-14(13)18-15(19)16(2)11-6-7-12-17-16/h4-5,9-10,17H,3,6-8,11-12H2,1-2H3,(H,18,19). The highest BCUT2D eigenvalue weighted by atomic mass is 16.2. The fourth-order valence-electron chi connectivity index (χ4n) is 2.64. The zero-order chi connectivity index (χ0) is 13.7. The first-order chi connectivity index (χ1) is 9.15. The van der Waals surface area contributed by atoms with Crippen LogP contribution in [0.1, 0.15) is 45.1 Å². The number of rotatable bonds is 4. The Hall–Kier alpha value is -1.35. The Morgan fingerprint density at radius 3 is 2.84 bits per heavy atom. The van der Waals surface area contributed by atoms with Gasteiger partial charge in [0.1, 0.15) is 0 Å². The number of anilines is 1. The summed E-state index contributed by atoms with van der Waals surface area (Å²) >= 11 is 0. The van der Waals surface area contributed by atoms with Crippen LogP contribution in [0.2, 0.25) is 0 Å². The summed E-state index contributed by atoms with van der Waals surface area (Å²) in [6, 6.07) is 8.09. The van der Waals surface area contributed by atoms with Gasteiger partial charge in [0.2, 0.25) is 5.91 Å². The lowest BCUT2D eigenvalue weighted by Crippen LogP contribution is -2.54. The quantitative estimate of drug-likeness (QED) is 0.873. The SMILES string of the molecule is CCCc1ccccc1NC(=O)C1(C)CCCCN1. The molecule has 2 rings (SSSR count). The molecule has 0 bridgehead atoms. The van der Waals surface area contributed by atoms with Crippen molar-refractivity contribution in [1.29, 1.82) is 0 Å². The molecule has 1 aromatic carbocycles. The van der Waals surface area contributed by atoms with Crippen LogP contribution in [-0.2, 0) is 11.2 Å². The summed E-state index contributed by atoms with van der Waals surface area (Å²) in [4.78, 5) is 12.5. The monoisotopic (exact) mass is 260 g/mol. The topological polar surface area (TPSA) is 41.1 Å². The summed E-state index contributed by atoms with van der Waals surface area (Å²) in [6.07, 6.45) is 5.28. The largest absolute Gasteiger partial charge is 0.324 e. The van der Waals surface area contributed by atoms with Crippen molar-refractivity contribution in [2.45, 2.75) is 51.5 Å². The van der Waals surface area contributed by atoms with Crippen molar-refractivity contribution < 1.29 is 4.79 Å². The minimum absolute atomic E-state index is 0.0933. The van der Waals surface area contributed by atoms with E-state index in [4.69, 9.17) is 0 Å². The Kier molecular flexibility index (Phi) is 4.59. The van der Waals surface area contributed by atoms with Gasteiger partial charge in [-0.3, -0.25) is 4.79 Å². The molecule has 19 heavy (non-hydrogen) atoms. The Balaban J connectivity index is 2.10. The predicted octanol–water partition coefficient (Wildman–Crippen LogP) is 3.11. The number of benzene rings is 1. The molecule has 1 unspecified atom stereocenters. The molecule has 1 aliphatic heterocycles. The summed E-state index contributed by atoms with van der Waals surface area (Å²) < 4.78 is 0. The molecule has 1 aliphatic rings. The Bertz CT molecular complexity index is 436. The molecule has 3 heteroatoms. The second-order valence-corrected chi connectivity index (χ2v) is 5.58. The summed E-state index contributed by atoms with van der Waals surface area (Å²) in [6.45, 7) is 5.09. The van der Waals surface area contributed by atoms with Gasteiger partial charge < -0.3 is 10.6 Å². The van der Waals surface area contributed by atoms with Crippen LogP contribution in [0.5, 0.6) is 0 Å². The van der Waals surface area contributed by atoms with Crippen LogP contribution in [0, 0.1) is 0 Å². The number of carbonyl (C=O) groups excluding carboxylic acids is 1. The van der Waals surface area contributed by atoms with Gasteiger partial charge in [-0.15, -0.1) is 0 Å². The summed E-state index contributed by atoms with van der Waals surface area (Å²) in [5.74, 6) is 0.0933. The molecule has 0 spiro atoms. The maximum absolute atomic E-state index is 12.5. The lowest BCUT2D eigenvalue weighted by atomic mass is 9.90. The van der Waals surface area contributed by atoms with E-state index in [1.54, 1.807) is 0 Å². The van der Waals surface area contributed by atoms with Gasteiger partial charge in [-0.1, -0.05) is 31.5 Å². The van der Waals surface area contributed by atoms with Gasteiger partial charge in [0.15, 0.2) is 0 Å². The summed E-state index contributed by atoms with van der Waals surface area (Å²) in [7, 11) is 0. The number of para-hydroxylation sites is 1. The Labute approximate surface area is 115 Å². The third-order valence-electron chi connectivity index (χ3n) is 3.90. The van der Waals surface area contributed by atoms with Crippen molar-refractivity contribution in [3.05, 3.63) is 29.8 Å². The average molecular weight is 260 g/mol. The first kappa shape index (κ1) is 14.1. The van der Waals surface area contributed by atoms with Crippen LogP contribution in [0.15, 0.2) is 24.3 Å². The van der Waals surface area contributed by atoms with E-state index < -0.39 is 5.54 Å². The molecule has 1 aromatic rings. The molecule has 0 aromatic heterocycles. The van der Waals surface area contributed by atoms with Gasteiger partial charge >= 0.3 is 0 Å². The first-order valence-corrected chi connectivity index (χ1v) is 7.30. The Morgan fingerprint density at radius 2 is 2.16 bits per heavy atom. The molecule has 3 nitrogen and oxygen atoms in total. The van der Waals surface area contributed by atoms with Gasteiger partial charge in [0, 0.05) is 5.69 Å². The number of nitrogens with one attached hydrogen (secondary N) is 2. The van der Waals surface area contributed by atoms with Gasteiger partial charge in [-0.05, 0) is 50.8 Å². The number of aryl methyl sites for hydroxylation is 1. The fraction of sp³-hybridized carbons (Fsp3) is 0.562. The van der Waals surface area contributed by atoms with Crippen molar-refractivity contribution in [3.63, 3.8) is 0 Å². The van der Waals surface area contributed by atoms with Crippen molar-refractivity contribution >= 4 is 11.6 Å². The van der Waals surface area contributed by atoms with Gasteiger partial charge in [0.05, 0.1) is 5.54 Å². The molecule has 104 valence electrons. The molecule has 0 saturated carbocycles. The molecule has 1 amide bonds. The zero-order valence-corrected chi connectivity index (χ0v) is 12.0. The third kappa shape index (κ3) is 3.35. The summed E-state index contributed by atoms with van der Waals surface area (Å²) in [5.41, 5.74) is 1.76. The fourth-order valence-corrected chi connectivity index (χ4v) is 2.64. The van der Waals surface area contributed by atoms with Crippen molar-refractivity contribution in [2.24, 2.45) is 0 Å². The summed E-state index contributed by atoms with van der Waals surface area (Å²) in [5, 5.41) is 6.46. The minimum Gasteiger partial charge on any atom is -0.324 e. The van der Waals surface area contributed by atoms with E-state index in [0.717, 1.165) is 44.3 Å². The lowest BCUT2D eigenvalue weighted by Gasteiger charge is -2.33. The van der Waals surface area contributed by atoms with E-state index in [0.29, 0.717) is 0 Å². The zero-order valence-electron chi connectivity index (χ0n) is 12.0. The van der Waals surface area contributed by atoms with Crippen LogP contribution in [0.4, 0.5) is 5.69 Å². The second kappa shape index (κ2) is 6.20. The molecule has 1 saturated heterocycles. The maximum atomic E-state index is 12.5. The number of piperidine rings is 1. The van der Waals surface area contributed by atoms with Gasteiger partial charge in [0.25, 0.3) is 0 Å². The number of hydrogen-bond donors (Lipinski definition) is 2. The maximum Gasteiger partial charge on any atom is 0.244 e. The average Bonchev–Trinajstić information content (AvgIpc) is 2.42. The number of hydrogen-bond acceptors (Lipinski definition) is 2. The van der Waals surface area contributed by atoms with Crippen LogP contribution in [0.3, 0.4) is 0 Å². The normalized spacial score (nSPS) is 23.1. The highest BCUT2D eigenvalue weighted by Gasteiger charge is 2.34. The highest BCUT2D eigenvalue weighted by Crippen LogP contribution is 2.23. The van der Waals surface area contributed by atoms with Crippen molar-refractivity contribution in [1.82, 2.24) is 5.32 Å². The molecule has 1 fully saturated rings. The predicted molar refractivity (Wildman–Crippen MR) is 79.3 cm³/mol.